The van der Waals surface area contributed by atoms with Gasteiger partial charge in [0.2, 0.25) is 5.78 Å². The minimum atomic E-state index is -5.19. The zero-order chi connectivity index (χ0) is 30.7. The number of alkyl halides is 3. The Morgan fingerprint density at radius 2 is 1.45 bits per heavy atom. The predicted octanol–water partition coefficient (Wildman–Crippen LogP) is 3.63. The lowest BCUT2D eigenvalue weighted by molar-refractivity contribution is -0.890. The summed E-state index contributed by atoms with van der Waals surface area (Å²) in [6, 6.07) is 21.1. The second-order valence-corrected chi connectivity index (χ2v) is 10.7. The summed E-state index contributed by atoms with van der Waals surface area (Å²) in [5, 5.41) is 11.9. The molecule has 2 atom stereocenters. The van der Waals surface area contributed by atoms with Crippen molar-refractivity contribution in [3.63, 3.8) is 0 Å². The number of nitrogens with one attached hydrogen (secondary N) is 1. The van der Waals surface area contributed by atoms with E-state index < -0.39 is 17.7 Å². The Morgan fingerprint density at radius 1 is 0.952 bits per heavy atom. The van der Waals surface area contributed by atoms with Gasteiger partial charge in [0.15, 0.2) is 0 Å². The summed E-state index contributed by atoms with van der Waals surface area (Å²) >= 11 is 0. The molecular weight excluding hydrogens is 561 g/mol. The zero-order valence-electron chi connectivity index (χ0n) is 22.5. The van der Waals surface area contributed by atoms with Crippen LogP contribution in [0.4, 0.5) is 26.7 Å². The van der Waals surface area contributed by atoms with Crippen LogP contribution in [0.25, 0.3) is 0 Å². The van der Waals surface area contributed by atoms with Crippen molar-refractivity contribution in [2.75, 3.05) is 33.2 Å². The zero-order valence-corrected chi connectivity index (χ0v) is 22.5. The molecule has 3 aromatic rings. The topological polar surface area (TPSA) is 89.5 Å². The second-order valence-electron chi connectivity index (χ2n) is 10.7. The van der Waals surface area contributed by atoms with Crippen LogP contribution in [0.3, 0.4) is 0 Å². The molecule has 3 aromatic carbocycles. The Kier molecular flexibility index (Phi) is 8.67. The number of urea groups is 1. The van der Waals surface area contributed by atoms with Crippen molar-refractivity contribution in [2.45, 2.75) is 24.2 Å². The molecule has 0 spiro atoms. The predicted molar refractivity (Wildman–Crippen MR) is 140 cm³/mol. The molecule has 1 unspecified atom stereocenters. The Balaban J connectivity index is 0.000000517. The van der Waals surface area contributed by atoms with Crippen molar-refractivity contribution in [3.05, 3.63) is 107 Å². The molecule has 2 fully saturated rings. The third kappa shape index (κ3) is 6.76. The molecule has 1 N–H and O–H groups in total. The highest BCUT2D eigenvalue weighted by molar-refractivity contribution is 5.97. The number of hydrogen-bond donors (Lipinski definition) is 1. The van der Waals surface area contributed by atoms with E-state index in [2.05, 4.69) is 12.4 Å². The summed E-state index contributed by atoms with van der Waals surface area (Å²) in [5.74, 6) is -3.65. The standard InChI is InChI=1S/C28H27F2N3O2.C2HF3O2/c1-33(18-26(34)20-5-3-2-4-6-20)16-15-25(17-33)32-19-28(31-27(32)35,21-7-11-23(29)12-8-21)22-9-13-24(30)14-10-22;3-2(4,5)1(6)7/h2-14,25H,15-19H2,1H3;(H,6,7)/t25-,33?;/m1./s1. The molecule has 0 radical (unpaired) electrons. The lowest BCUT2D eigenvalue weighted by atomic mass is 9.83. The number of benzene rings is 3. The maximum absolute atomic E-state index is 13.7. The van der Waals surface area contributed by atoms with Crippen LogP contribution in [0.15, 0.2) is 78.9 Å². The van der Waals surface area contributed by atoms with Gasteiger partial charge in [-0.05, 0) is 35.4 Å². The monoisotopic (exact) mass is 589 g/mol. The van der Waals surface area contributed by atoms with E-state index in [-0.39, 0.29) is 29.5 Å². The largest absolute Gasteiger partial charge is 0.542 e. The molecule has 2 aliphatic rings. The number of amides is 2. The molecule has 222 valence electrons. The first-order chi connectivity index (χ1) is 19.7. The fourth-order valence-electron chi connectivity index (χ4n) is 5.49. The summed E-state index contributed by atoms with van der Waals surface area (Å²) in [5.41, 5.74) is 1.23. The third-order valence-corrected chi connectivity index (χ3v) is 7.61. The lowest BCUT2D eigenvalue weighted by Crippen LogP contribution is -2.49. The van der Waals surface area contributed by atoms with Gasteiger partial charge < -0.3 is 24.6 Å². The molecule has 0 aromatic heterocycles. The van der Waals surface area contributed by atoms with E-state index >= 15 is 0 Å². The molecule has 2 amide bonds. The maximum atomic E-state index is 13.7. The second kappa shape index (κ2) is 11.9. The molecule has 2 saturated heterocycles. The molecule has 42 heavy (non-hydrogen) atoms. The first-order valence-electron chi connectivity index (χ1n) is 13.0. The summed E-state index contributed by atoms with van der Waals surface area (Å²) in [4.78, 5) is 36.8. The van der Waals surface area contributed by atoms with Gasteiger partial charge in [-0.3, -0.25) is 4.79 Å². The number of halogens is 5. The first-order valence-corrected chi connectivity index (χ1v) is 13.0. The number of rotatable bonds is 6. The van der Waals surface area contributed by atoms with Crippen molar-refractivity contribution in [3.8, 4) is 0 Å². The summed E-state index contributed by atoms with van der Waals surface area (Å²) < 4.78 is 59.5. The molecule has 12 heteroatoms. The van der Waals surface area contributed by atoms with Gasteiger partial charge in [0.25, 0.3) is 0 Å². The molecule has 0 bridgehead atoms. The van der Waals surface area contributed by atoms with Crippen LogP contribution in [0, 0.1) is 11.6 Å². The SMILES string of the molecule is C[N+]1(CC(=O)c2ccccc2)CC[C@@H](N2CC(c3ccc(F)cc3)(c3ccc(F)cc3)NC2=O)C1.O=C([O-])C(F)(F)F. The normalized spacial score (nSPS) is 21.3. The van der Waals surface area contributed by atoms with E-state index in [0.717, 1.165) is 24.1 Å². The Morgan fingerprint density at radius 3 is 1.93 bits per heavy atom. The van der Waals surface area contributed by atoms with Gasteiger partial charge in [-0.2, -0.15) is 13.2 Å². The number of carbonyl (C=O) groups is 3. The van der Waals surface area contributed by atoms with E-state index in [0.29, 0.717) is 29.7 Å². The lowest BCUT2D eigenvalue weighted by Gasteiger charge is -2.32. The third-order valence-electron chi connectivity index (χ3n) is 7.61. The van der Waals surface area contributed by atoms with Crippen LogP contribution in [0.1, 0.15) is 27.9 Å². The van der Waals surface area contributed by atoms with Crippen molar-refractivity contribution in [1.82, 2.24) is 10.2 Å². The van der Waals surface area contributed by atoms with Crippen LogP contribution in [-0.4, -0.2) is 72.6 Å². The van der Waals surface area contributed by atoms with Gasteiger partial charge in [-0.25, -0.2) is 13.6 Å². The van der Waals surface area contributed by atoms with E-state index in [9.17, 15) is 31.5 Å². The van der Waals surface area contributed by atoms with Crippen molar-refractivity contribution in [2.24, 2.45) is 0 Å². The van der Waals surface area contributed by atoms with Crippen LogP contribution in [0.5, 0.6) is 0 Å². The Hall–Kier alpha value is -4.32. The van der Waals surface area contributed by atoms with E-state index in [4.69, 9.17) is 9.90 Å². The quantitative estimate of drug-likeness (QED) is 0.270. The van der Waals surface area contributed by atoms with E-state index in [1.165, 1.54) is 24.3 Å². The Labute approximate surface area is 238 Å². The van der Waals surface area contributed by atoms with Gasteiger partial charge in [-0.15, -0.1) is 0 Å². The minimum Gasteiger partial charge on any atom is -0.542 e. The maximum Gasteiger partial charge on any atom is 0.430 e. The van der Waals surface area contributed by atoms with Gasteiger partial charge in [0.1, 0.15) is 29.7 Å². The molecule has 2 aliphatic heterocycles. The number of aliphatic carboxylic acids is 1. The summed E-state index contributed by atoms with van der Waals surface area (Å²) in [7, 11) is 2.06. The first kappa shape index (κ1) is 30.6. The summed E-state index contributed by atoms with van der Waals surface area (Å²) in [6.07, 6.45) is -4.42. The highest BCUT2D eigenvalue weighted by atomic mass is 19.4. The average Bonchev–Trinajstić information content (AvgIpc) is 3.50. The number of Topliss-reactive ketones (excluding diaryl/α,β-unsaturated/α-hetero) is 1. The number of hydrogen-bond acceptors (Lipinski definition) is 4. The van der Waals surface area contributed by atoms with Crippen LogP contribution >= 0.6 is 0 Å². The van der Waals surface area contributed by atoms with E-state index in [1.807, 2.05) is 35.2 Å². The molecule has 5 rings (SSSR count). The fraction of sp³-hybridized carbons (Fsp3) is 0.300. The smallest absolute Gasteiger partial charge is 0.430 e. The van der Waals surface area contributed by atoms with Gasteiger partial charge in [0.05, 0.1) is 32.7 Å². The highest BCUT2D eigenvalue weighted by Crippen LogP contribution is 2.37. The number of quaternary nitrogens is 1. The minimum absolute atomic E-state index is 0.0497. The fourth-order valence-corrected chi connectivity index (χ4v) is 5.49. The molecule has 0 saturated carbocycles. The van der Waals surface area contributed by atoms with Gasteiger partial charge in [-0.1, -0.05) is 54.6 Å². The number of nitrogens with zero attached hydrogens (tertiary/aromatic N) is 2. The molecule has 7 nitrogen and oxygen atoms in total. The van der Waals surface area contributed by atoms with E-state index in [1.54, 1.807) is 24.3 Å². The number of carboxylic acid groups (broad SMARTS) is 1. The average molecular weight is 590 g/mol. The van der Waals surface area contributed by atoms with Gasteiger partial charge in [0, 0.05) is 12.0 Å². The number of likely N-dealkylation sites (tertiary alicyclic amines) is 1. The number of carboxylic acids is 1. The van der Waals surface area contributed by atoms with Crippen molar-refractivity contribution < 1.29 is 45.9 Å². The van der Waals surface area contributed by atoms with Gasteiger partial charge >= 0.3 is 12.2 Å². The van der Waals surface area contributed by atoms with Crippen molar-refractivity contribution >= 4 is 17.8 Å². The summed E-state index contributed by atoms with van der Waals surface area (Å²) in [6.45, 7) is 2.15. The van der Waals surface area contributed by atoms with Crippen LogP contribution in [-0.2, 0) is 10.3 Å². The van der Waals surface area contributed by atoms with Crippen molar-refractivity contribution in [1.29, 1.82) is 0 Å². The Bertz CT molecular complexity index is 1390. The number of likely N-dealkylation sites (N-methyl/N-ethyl adjacent to an activating group) is 1. The molecule has 0 aliphatic carbocycles. The number of carbonyl (C=O) groups excluding carboxylic acids is 3. The van der Waals surface area contributed by atoms with Crippen LogP contribution in [0.2, 0.25) is 0 Å². The highest BCUT2D eigenvalue weighted by Gasteiger charge is 2.50. The van der Waals surface area contributed by atoms with Crippen LogP contribution < -0.4 is 10.4 Å². The molecule has 2 heterocycles. The number of ketones is 1. The molecular formula is C30H28F5N3O4.